The van der Waals surface area contributed by atoms with Crippen LogP contribution in [0.2, 0.25) is 0 Å². The van der Waals surface area contributed by atoms with E-state index in [1.165, 1.54) is 0 Å². The summed E-state index contributed by atoms with van der Waals surface area (Å²) < 4.78 is 5.43. The van der Waals surface area contributed by atoms with Crippen molar-refractivity contribution < 1.29 is 4.74 Å². The van der Waals surface area contributed by atoms with Crippen molar-refractivity contribution >= 4 is 0 Å². The summed E-state index contributed by atoms with van der Waals surface area (Å²) in [6.45, 7) is 12.1. The fraction of sp³-hybridized carbons (Fsp3) is 0.929. The van der Waals surface area contributed by atoms with Gasteiger partial charge in [0.1, 0.15) is 5.54 Å². The number of morpholine rings is 1. The van der Waals surface area contributed by atoms with Crippen molar-refractivity contribution in [1.29, 1.82) is 5.26 Å². The molecule has 104 valence electrons. The van der Waals surface area contributed by atoms with Crippen molar-refractivity contribution in [3.05, 3.63) is 0 Å². The monoisotopic (exact) mass is 253 g/mol. The molecule has 1 aliphatic heterocycles. The van der Waals surface area contributed by atoms with E-state index >= 15 is 0 Å². The van der Waals surface area contributed by atoms with Gasteiger partial charge in [0.15, 0.2) is 0 Å². The van der Waals surface area contributed by atoms with Gasteiger partial charge in [-0.2, -0.15) is 5.26 Å². The molecule has 0 radical (unpaired) electrons. The van der Waals surface area contributed by atoms with Crippen LogP contribution >= 0.6 is 0 Å². The smallest absolute Gasteiger partial charge is 0.104 e. The first-order chi connectivity index (χ1) is 8.47. The molecule has 0 spiro atoms. The second-order valence-corrected chi connectivity index (χ2v) is 5.81. The number of nitrogens with zero attached hydrogens (tertiary/aromatic N) is 2. The average Bonchev–Trinajstić information content (AvgIpc) is 2.31. The Morgan fingerprint density at radius 2 is 2.28 bits per heavy atom. The van der Waals surface area contributed by atoms with E-state index in [1.54, 1.807) is 0 Å². The Kier molecular flexibility index (Phi) is 6.07. The molecule has 2 unspecified atom stereocenters. The van der Waals surface area contributed by atoms with Crippen LogP contribution in [-0.2, 0) is 4.74 Å². The second kappa shape index (κ2) is 7.08. The van der Waals surface area contributed by atoms with Crippen LogP contribution in [0.3, 0.4) is 0 Å². The van der Waals surface area contributed by atoms with Gasteiger partial charge in [0.2, 0.25) is 0 Å². The molecule has 0 aromatic rings. The molecule has 1 fully saturated rings. The van der Waals surface area contributed by atoms with Crippen molar-refractivity contribution in [2.45, 2.75) is 58.2 Å². The van der Waals surface area contributed by atoms with Gasteiger partial charge in [0.25, 0.3) is 0 Å². The number of hydrogen-bond acceptors (Lipinski definition) is 4. The molecule has 0 aliphatic carbocycles. The number of ether oxygens (including phenoxy) is 1. The maximum Gasteiger partial charge on any atom is 0.104 e. The van der Waals surface area contributed by atoms with Crippen molar-refractivity contribution in [3.8, 4) is 6.07 Å². The van der Waals surface area contributed by atoms with Crippen LogP contribution in [0.15, 0.2) is 0 Å². The van der Waals surface area contributed by atoms with E-state index in [2.05, 4.69) is 37.1 Å². The van der Waals surface area contributed by atoms with Crippen LogP contribution in [0.4, 0.5) is 0 Å². The van der Waals surface area contributed by atoms with Gasteiger partial charge in [0, 0.05) is 18.6 Å². The minimum Gasteiger partial charge on any atom is -0.379 e. The molecule has 2 atom stereocenters. The predicted octanol–water partition coefficient (Wildman–Crippen LogP) is 1.77. The van der Waals surface area contributed by atoms with Crippen LogP contribution in [0.25, 0.3) is 0 Å². The summed E-state index contributed by atoms with van der Waals surface area (Å²) in [5, 5.41) is 12.6. The zero-order chi connectivity index (χ0) is 13.6. The van der Waals surface area contributed by atoms with E-state index in [1.807, 2.05) is 6.92 Å². The van der Waals surface area contributed by atoms with E-state index in [0.29, 0.717) is 12.1 Å². The van der Waals surface area contributed by atoms with Gasteiger partial charge in [0.05, 0.1) is 19.3 Å². The maximum atomic E-state index is 9.28. The van der Waals surface area contributed by atoms with E-state index in [4.69, 9.17) is 4.74 Å². The summed E-state index contributed by atoms with van der Waals surface area (Å²) in [5.41, 5.74) is -0.399. The van der Waals surface area contributed by atoms with E-state index in [9.17, 15) is 5.26 Å². The van der Waals surface area contributed by atoms with Crippen LogP contribution in [-0.4, -0.2) is 48.8 Å². The summed E-state index contributed by atoms with van der Waals surface area (Å²) in [6.07, 6.45) is 1.94. The summed E-state index contributed by atoms with van der Waals surface area (Å²) in [5.74, 6) is 0. The molecule has 0 bridgehead atoms. The molecule has 4 nitrogen and oxygen atoms in total. The minimum absolute atomic E-state index is 0.344. The Morgan fingerprint density at radius 1 is 1.56 bits per heavy atom. The number of nitriles is 1. The SMILES string of the molecule is CC(C)NC(C)(C#N)CCCN1CCOCC1C. The van der Waals surface area contributed by atoms with Gasteiger partial charge in [-0.1, -0.05) is 0 Å². The first-order valence-corrected chi connectivity index (χ1v) is 6.97. The molecule has 0 aromatic carbocycles. The first kappa shape index (κ1) is 15.4. The molecule has 1 rings (SSSR count). The summed E-state index contributed by atoms with van der Waals surface area (Å²) in [6, 6.07) is 3.25. The molecule has 0 amide bonds. The van der Waals surface area contributed by atoms with Crippen molar-refractivity contribution in [2.24, 2.45) is 0 Å². The van der Waals surface area contributed by atoms with Crippen LogP contribution < -0.4 is 5.32 Å². The lowest BCUT2D eigenvalue weighted by molar-refractivity contribution is -0.00138. The third kappa shape index (κ3) is 4.93. The maximum absolute atomic E-state index is 9.28. The van der Waals surface area contributed by atoms with Crippen LogP contribution in [0.5, 0.6) is 0 Å². The molecular formula is C14H27N3O. The van der Waals surface area contributed by atoms with Gasteiger partial charge in [-0.15, -0.1) is 0 Å². The third-order valence-electron chi connectivity index (χ3n) is 3.48. The first-order valence-electron chi connectivity index (χ1n) is 6.97. The second-order valence-electron chi connectivity index (χ2n) is 5.81. The zero-order valence-corrected chi connectivity index (χ0v) is 12.2. The lowest BCUT2D eigenvalue weighted by Gasteiger charge is -2.34. The lowest BCUT2D eigenvalue weighted by Crippen LogP contribution is -2.47. The number of nitrogens with one attached hydrogen (secondary N) is 1. The summed E-state index contributed by atoms with van der Waals surface area (Å²) in [7, 11) is 0. The molecule has 4 heteroatoms. The fourth-order valence-electron chi connectivity index (χ4n) is 2.53. The zero-order valence-electron chi connectivity index (χ0n) is 12.2. The Labute approximate surface area is 111 Å². The van der Waals surface area contributed by atoms with E-state index < -0.39 is 5.54 Å². The van der Waals surface area contributed by atoms with E-state index in [0.717, 1.165) is 39.1 Å². The molecule has 1 N–H and O–H groups in total. The van der Waals surface area contributed by atoms with Crippen LogP contribution in [0.1, 0.15) is 40.5 Å². The molecule has 0 aromatic heterocycles. The molecular weight excluding hydrogens is 226 g/mol. The molecule has 1 aliphatic rings. The Morgan fingerprint density at radius 3 is 2.83 bits per heavy atom. The van der Waals surface area contributed by atoms with Gasteiger partial charge in [-0.05, 0) is 47.1 Å². The highest BCUT2D eigenvalue weighted by Gasteiger charge is 2.25. The highest BCUT2D eigenvalue weighted by atomic mass is 16.5. The van der Waals surface area contributed by atoms with Gasteiger partial charge in [-0.25, -0.2) is 0 Å². The average molecular weight is 253 g/mol. The molecule has 1 saturated heterocycles. The minimum atomic E-state index is -0.399. The predicted molar refractivity (Wildman–Crippen MR) is 73.4 cm³/mol. The van der Waals surface area contributed by atoms with Gasteiger partial charge in [-0.3, -0.25) is 10.2 Å². The summed E-state index contributed by atoms with van der Waals surface area (Å²) >= 11 is 0. The highest BCUT2D eigenvalue weighted by Crippen LogP contribution is 2.14. The standard InChI is InChI=1S/C14H27N3O/c1-12(2)16-14(4,11-15)6-5-7-17-8-9-18-10-13(17)3/h12-13,16H,5-10H2,1-4H3. The van der Waals surface area contributed by atoms with E-state index in [-0.39, 0.29) is 0 Å². The Hall–Kier alpha value is -0.630. The van der Waals surface area contributed by atoms with Crippen molar-refractivity contribution in [3.63, 3.8) is 0 Å². The quantitative estimate of drug-likeness (QED) is 0.783. The van der Waals surface area contributed by atoms with Crippen molar-refractivity contribution in [2.75, 3.05) is 26.3 Å². The van der Waals surface area contributed by atoms with Gasteiger partial charge >= 0.3 is 0 Å². The number of rotatable bonds is 6. The lowest BCUT2D eigenvalue weighted by atomic mass is 9.96. The largest absolute Gasteiger partial charge is 0.379 e. The molecule has 0 saturated carbocycles. The number of hydrogen-bond donors (Lipinski definition) is 1. The summed E-state index contributed by atoms with van der Waals surface area (Å²) in [4.78, 5) is 2.46. The Balaban J connectivity index is 2.33. The highest BCUT2D eigenvalue weighted by molar-refractivity contribution is 5.04. The molecule has 18 heavy (non-hydrogen) atoms. The van der Waals surface area contributed by atoms with Crippen LogP contribution in [0, 0.1) is 11.3 Å². The topological polar surface area (TPSA) is 48.3 Å². The normalized spacial score (nSPS) is 24.8. The Bertz CT molecular complexity index is 287. The fourth-order valence-corrected chi connectivity index (χ4v) is 2.53. The molecule has 1 heterocycles. The van der Waals surface area contributed by atoms with Gasteiger partial charge < -0.3 is 4.74 Å². The van der Waals surface area contributed by atoms with Crippen molar-refractivity contribution in [1.82, 2.24) is 10.2 Å². The third-order valence-corrected chi connectivity index (χ3v) is 3.48.